The highest BCUT2D eigenvalue weighted by atomic mass is 32.2. The second kappa shape index (κ2) is 4.91. The lowest BCUT2D eigenvalue weighted by atomic mass is 9.83. The van der Waals surface area contributed by atoms with E-state index >= 15 is 0 Å². The van der Waals surface area contributed by atoms with Crippen LogP contribution in [0, 0.1) is 17.8 Å². The fourth-order valence-corrected chi connectivity index (χ4v) is 5.84. The highest BCUT2D eigenvalue weighted by Crippen LogP contribution is 2.58. The molecule has 21 heavy (non-hydrogen) atoms. The quantitative estimate of drug-likeness (QED) is 0.424. The molecule has 2 aliphatic carbocycles. The lowest BCUT2D eigenvalue weighted by Gasteiger charge is -2.24. The average molecular weight is 314 g/mol. The van der Waals surface area contributed by atoms with E-state index in [4.69, 9.17) is 8.92 Å². The SMILES string of the molecule is C=C(C)C(=O)OCC(=O)CC1C2CC3C1OS(=O)(=O)C3C2. The maximum Gasteiger partial charge on any atom is 0.333 e. The molecule has 1 saturated heterocycles. The van der Waals surface area contributed by atoms with Gasteiger partial charge in [0, 0.05) is 17.9 Å². The van der Waals surface area contributed by atoms with Crippen molar-refractivity contribution in [2.75, 3.05) is 6.61 Å². The van der Waals surface area contributed by atoms with Crippen molar-refractivity contribution in [3.8, 4) is 0 Å². The number of rotatable bonds is 5. The van der Waals surface area contributed by atoms with E-state index < -0.39 is 16.1 Å². The Kier molecular flexibility index (Phi) is 3.44. The van der Waals surface area contributed by atoms with Crippen molar-refractivity contribution < 1.29 is 26.9 Å². The van der Waals surface area contributed by atoms with Gasteiger partial charge in [0.25, 0.3) is 10.1 Å². The zero-order valence-electron chi connectivity index (χ0n) is 11.8. The van der Waals surface area contributed by atoms with Gasteiger partial charge in [0.15, 0.2) is 5.78 Å². The van der Waals surface area contributed by atoms with Gasteiger partial charge in [-0.15, -0.1) is 0 Å². The number of hydrogen-bond donors (Lipinski definition) is 0. The summed E-state index contributed by atoms with van der Waals surface area (Å²) in [4.78, 5) is 23.2. The Labute approximate surface area is 123 Å². The van der Waals surface area contributed by atoms with E-state index in [1.54, 1.807) is 0 Å². The number of fused-ring (bicyclic) bond motifs is 1. The van der Waals surface area contributed by atoms with Crippen molar-refractivity contribution in [2.45, 2.75) is 37.5 Å². The molecule has 116 valence electrons. The molecule has 5 unspecified atom stereocenters. The average Bonchev–Trinajstić information content (AvgIpc) is 2.99. The molecule has 2 bridgehead atoms. The van der Waals surface area contributed by atoms with E-state index in [-0.39, 0.29) is 53.5 Å². The third-order valence-electron chi connectivity index (χ3n) is 4.83. The van der Waals surface area contributed by atoms with Crippen LogP contribution < -0.4 is 0 Å². The number of ketones is 1. The minimum absolute atomic E-state index is 0.0377. The Morgan fingerprint density at radius 3 is 2.71 bits per heavy atom. The molecule has 3 fully saturated rings. The molecule has 3 rings (SSSR count). The minimum atomic E-state index is -3.45. The summed E-state index contributed by atoms with van der Waals surface area (Å²) in [7, 11) is -3.45. The van der Waals surface area contributed by atoms with Crippen LogP contribution in [0.15, 0.2) is 12.2 Å². The molecular weight excluding hydrogens is 296 g/mol. The molecule has 0 aromatic heterocycles. The molecule has 1 heterocycles. The first-order valence-corrected chi connectivity index (χ1v) is 8.53. The van der Waals surface area contributed by atoms with Gasteiger partial charge in [-0.05, 0) is 31.6 Å². The second-order valence-corrected chi connectivity index (χ2v) is 8.03. The molecule has 0 radical (unpaired) electrons. The van der Waals surface area contributed by atoms with Crippen LogP contribution >= 0.6 is 0 Å². The van der Waals surface area contributed by atoms with Crippen LogP contribution in [0.4, 0.5) is 0 Å². The largest absolute Gasteiger partial charge is 0.454 e. The highest BCUT2D eigenvalue weighted by Gasteiger charge is 2.63. The summed E-state index contributed by atoms with van der Waals surface area (Å²) in [6, 6.07) is 0. The maximum atomic E-state index is 11.9. The predicted octanol–water partition coefficient (Wildman–Crippen LogP) is 0.818. The number of ether oxygens (including phenoxy) is 1. The van der Waals surface area contributed by atoms with Gasteiger partial charge in [0.05, 0.1) is 11.4 Å². The summed E-state index contributed by atoms with van der Waals surface area (Å²) in [5.74, 6) is -0.596. The van der Waals surface area contributed by atoms with Crippen LogP contribution in [0.3, 0.4) is 0 Å². The lowest BCUT2D eigenvalue weighted by Crippen LogP contribution is -2.31. The molecule has 0 amide bonds. The van der Waals surface area contributed by atoms with Crippen molar-refractivity contribution in [1.82, 2.24) is 0 Å². The maximum absolute atomic E-state index is 11.9. The van der Waals surface area contributed by atoms with Crippen molar-refractivity contribution in [3.05, 3.63) is 12.2 Å². The summed E-state index contributed by atoms with van der Waals surface area (Å²) < 4.78 is 33.7. The fraction of sp³-hybridized carbons (Fsp3) is 0.714. The van der Waals surface area contributed by atoms with Crippen LogP contribution in [0.5, 0.6) is 0 Å². The molecular formula is C14H18O6S. The van der Waals surface area contributed by atoms with Crippen LogP contribution in [0.2, 0.25) is 0 Å². The number of hydrogen-bond acceptors (Lipinski definition) is 6. The van der Waals surface area contributed by atoms with Crippen molar-refractivity contribution in [3.63, 3.8) is 0 Å². The molecule has 0 N–H and O–H groups in total. The first-order valence-electron chi connectivity index (χ1n) is 7.06. The van der Waals surface area contributed by atoms with Crippen LogP contribution in [-0.4, -0.2) is 38.1 Å². The number of Topliss-reactive ketones (excluding diaryl/α,β-unsaturated/α-hetero) is 1. The van der Waals surface area contributed by atoms with E-state index in [0.717, 1.165) is 6.42 Å². The molecule has 5 atom stereocenters. The number of carbonyl (C=O) groups excluding carboxylic acids is 2. The van der Waals surface area contributed by atoms with Gasteiger partial charge in [0.1, 0.15) is 6.61 Å². The van der Waals surface area contributed by atoms with Gasteiger partial charge in [-0.1, -0.05) is 6.58 Å². The Morgan fingerprint density at radius 1 is 1.33 bits per heavy atom. The number of esters is 1. The van der Waals surface area contributed by atoms with Gasteiger partial charge >= 0.3 is 5.97 Å². The van der Waals surface area contributed by atoms with Crippen LogP contribution in [0.25, 0.3) is 0 Å². The van der Waals surface area contributed by atoms with E-state index in [9.17, 15) is 18.0 Å². The first-order chi connectivity index (χ1) is 9.79. The van der Waals surface area contributed by atoms with Crippen molar-refractivity contribution >= 4 is 21.9 Å². The van der Waals surface area contributed by atoms with Gasteiger partial charge in [-0.3, -0.25) is 8.98 Å². The number of carbonyl (C=O) groups is 2. The van der Waals surface area contributed by atoms with E-state index in [2.05, 4.69) is 6.58 Å². The minimum Gasteiger partial charge on any atom is -0.454 e. The van der Waals surface area contributed by atoms with Crippen molar-refractivity contribution in [1.29, 1.82) is 0 Å². The molecule has 6 nitrogen and oxygen atoms in total. The molecule has 0 aromatic rings. The topological polar surface area (TPSA) is 86.7 Å². The predicted molar refractivity (Wildman–Crippen MR) is 72.7 cm³/mol. The van der Waals surface area contributed by atoms with Gasteiger partial charge in [-0.2, -0.15) is 8.42 Å². The van der Waals surface area contributed by atoms with Crippen LogP contribution in [0.1, 0.15) is 26.2 Å². The third kappa shape index (κ3) is 2.42. The normalized spacial score (nSPS) is 38.4. The fourth-order valence-electron chi connectivity index (χ4n) is 3.93. The molecule has 7 heteroatoms. The van der Waals surface area contributed by atoms with E-state index in [1.807, 2.05) is 0 Å². The van der Waals surface area contributed by atoms with Gasteiger partial charge in [0.2, 0.25) is 0 Å². The lowest BCUT2D eigenvalue weighted by molar-refractivity contribution is -0.144. The van der Waals surface area contributed by atoms with Gasteiger partial charge < -0.3 is 4.74 Å². The molecule has 2 saturated carbocycles. The molecule has 1 aliphatic heterocycles. The molecule has 0 aromatic carbocycles. The summed E-state index contributed by atoms with van der Waals surface area (Å²) in [5, 5.41) is -0.375. The molecule has 3 aliphatic rings. The van der Waals surface area contributed by atoms with Crippen molar-refractivity contribution in [2.24, 2.45) is 17.8 Å². The monoisotopic (exact) mass is 314 g/mol. The Bertz CT molecular complexity index is 607. The Morgan fingerprint density at radius 2 is 2.05 bits per heavy atom. The first kappa shape index (κ1) is 14.7. The summed E-state index contributed by atoms with van der Waals surface area (Å²) in [6.07, 6.45) is 1.25. The van der Waals surface area contributed by atoms with Gasteiger partial charge in [-0.25, -0.2) is 4.79 Å². The summed E-state index contributed by atoms with van der Waals surface area (Å²) in [6.45, 7) is 4.67. The van der Waals surface area contributed by atoms with E-state index in [0.29, 0.717) is 6.42 Å². The zero-order valence-corrected chi connectivity index (χ0v) is 12.6. The van der Waals surface area contributed by atoms with Crippen LogP contribution in [-0.2, 0) is 28.6 Å². The summed E-state index contributed by atoms with van der Waals surface area (Å²) >= 11 is 0. The zero-order chi connectivity index (χ0) is 15.4. The third-order valence-corrected chi connectivity index (χ3v) is 6.60. The Hall–Kier alpha value is -1.21. The second-order valence-electron chi connectivity index (χ2n) is 6.25. The highest BCUT2D eigenvalue weighted by molar-refractivity contribution is 7.87. The Balaban J connectivity index is 1.59. The molecule has 0 spiro atoms. The van der Waals surface area contributed by atoms with E-state index in [1.165, 1.54) is 6.92 Å². The standard InChI is InChI=1S/C14H18O6S/c1-7(2)14(16)19-6-9(15)5-10-8-3-11-12(4-8)21(17,18)20-13(10)11/h8,10-13H,1,3-6H2,2H3. The summed E-state index contributed by atoms with van der Waals surface area (Å²) in [5.41, 5.74) is 0.246. The smallest absolute Gasteiger partial charge is 0.333 e.